The third-order valence-corrected chi connectivity index (χ3v) is 6.45. The summed E-state index contributed by atoms with van der Waals surface area (Å²) < 4.78 is 11.5. The van der Waals surface area contributed by atoms with Crippen molar-refractivity contribution in [1.29, 1.82) is 0 Å². The molecule has 7 nitrogen and oxygen atoms in total. The Hall–Kier alpha value is -3.26. The Balaban J connectivity index is 1.71. The van der Waals surface area contributed by atoms with Crippen molar-refractivity contribution in [1.82, 2.24) is 9.97 Å². The molecule has 0 spiro atoms. The zero-order valence-corrected chi connectivity index (χ0v) is 20.7. The van der Waals surface area contributed by atoms with Crippen LogP contribution >= 0.6 is 11.3 Å². The molecule has 178 valence electrons. The van der Waals surface area contributed by atoms with Crippen LogP contribution in [0.4, 0.5) is 5.69 Å². The lowest BCUT2D eigenvalue weighted by Crippen LogP contribution is -2.53. The summed E-state index contributed by atoms with van der Waals surface area (Å²) in [6.07, 6.45) is 2.04. The first-order valence-corrected chi connectivity index (χ1v) is 12.5. The maximum absolute atomic E-state index is 13.4. The number of carbonyl (C=O) groups excluding carboxylic acids is 2. The number of fused-ring (bicyclic) bond motifs is 1. The highest BCUT2D eigenvalue weighted by atomic mass is 32.1. The summed E-state index contributed by atoms with van der Waals surface area (Å²) in [5.74, 6) is 0.157. The number of benzene rings is 1. The number of anilines is 1. The molecule has 3 aromatic rings. The van der Waals surface area contributed by atoms with Crippen molar-refractivity contribution < 1.29 is 19.1 Å². The molecule has 1 aromatic carbocycles. The molecule has 0 saturated carbocycles. The van der Waals surface area contributed by atoms with Gasteiger partial charge in [0.15, 0.2) is 6.10 Å². The molecule has 0 saturated heterocycles. The lowest BCUT2D eigenvalue weighted by molar-refractivity contribution is -0.148. The van der Waals surface area contributed by atoms with E-state index in [0.717, 1.165) is 22.0 Å². The third kappa shape index (κ3) is 4.82. The first-order chi connectivity index (χ1) is 16.4. The molecule has 8 heteroatoms. The Labute approximate surface area is 203 Å². The zero-order chi connectivity index (χ0) is 24.2. The lowest BCUT2D eigenvalue weighted by Gasteiger charge is -2.38. The van der Waals surface area contributed by atoms with Crippen molar-refractivity contribution >= 4 is 28.9 Å². The van der Waals surface area contributed by atoms with E-state index in [9.17, 15) is 9.59 Å². The Bertz CT molecular complexity index is 1160. The van der Waals surface area contributed by atoms with Crippen LogP contribution in [0.2, 0.25) is 0 Å². The van der Waals surface area contributed by atoms with E-state index in [0.29, 0.717) is 30.9 Å². The molecular formula is C26H29N3O4S. The first-order valence-electron chi connectivity index (χ1n) is 11.6. The minimum Gasteiger partial charge on any atom is -0.478 e. The van der Waals surface area contributed by atoms with E-state index in [-0.39, 0.29) is 11.8 Å². The van der Waals surface area contributed by atoms with Crippen molar-refractivity contribution in [2.45, 2.75) is 52.7 Å². The van der Waals surface area contributed by atoms with Gasteiger partial charge in [-0.1, -0.05) is 33.8 Å². The Kier molecular flexibility index (Phi) is 7.26. The van der Waals surface area contributed by atoms with E-state index in [1.807, 2.05) is 69.5 Å². The highest BCUT2D eigenvalue weighted by molar-refractivity contribution is 7.13. The second-order valence-electron chi connectivity index (χ2n) is 8.61. The number of carbonyl (C=O) groups is 2. The van der Waals surface area contributed by atoms with Crippen LogP contribution in [0.3, 0.4) is 0 Å². The van der Waals surface area contributed by atoms with E-state index in [1.54, 1.807) is 11.1 Å². The molecular weight excluding hydrogens is 450 g/mol. The summed E-state index contributed by atoms with van der Waals surface area (Å²) in [6, 6.07) is 10.6. The summed E-state index contributed by atoms with van der Waals surface area (Å²) in [4.78, 5) is 37.0. The van der Waals surface area contributed by atoms with Gasteiger partial charge in [-0.3, -0.25) is 14.7 Å². The fourth-order valence-electron chi connectivity index (χ4n) is 3.83. The molecule has 0 radical (unpaired) electrons. The molecule has 2 unspecified atom stereocenters. The van der Waals surface area contributed by atoms with E-state index < -0.39 is 18.1 Å². The predicted molar refractivity (Wildman–Crippen MR) is 133 cm³/mol. The topological polar surface area (TPSA) is 81.6 Å². The van der Waals surface area contributed by atoms with Crippen LogP contribution in [-0.2, 0) is 14.3 Å². The average molecular weight is 480 g/mol. The zero-order valence-electron chi connectivity index (χ0n) is 19.9. The van der Waals surface area contributed by atoms with E-state index in [4.69, 9.17) is 14.5 Å². The maximum atomic E-state index is 13.4. The summed E-state index contributed by atoms with van der Waals surface area (Å²) in [5.41, 5.74) is 2.97. The van der Waals surface area contributed by atoms with Crippen LogP contribution in [-0.4, -0.2) is 40.6 Å². The number of hydrogen-bond acceptors (Lipinski definition) is 7. The van der Waals surface area contributed by atoms with Gasteiger partial charge in [-0.15, -0.1) is 11.3 Å². The summed E-state index contributed by atoms with van der Waals surface area (Å²) in [5, 5.41) is 2.78. The van der Waals surface area contributed by atoms with Crippen molar-refractivity contribution in [2.75, 3.05) is 11.5 Å². The molecule has 0 aliphatic carbocycles. The molecule has 1 amide bonds. The van der Waals surface area contributed by atoms with Crippen molar-refractivity contribution in [3.05, 3.63) is 48.0 Å². The molecule has 3 heterocycles. The van der Waals surface area contributed by atoms with Gasteiger partial charge in [0.05, 0.1) is 23.7 Å². The van der Waals surface area contributed by atoms with Crippen LogP contribution in [0.25, 0.3) is 22.0 Å². The average Bonchev–Trinajstić information content (AvgIpc) is 3.35. The largest absolute Gasteiger partial charge is 0.478 e. The minimum absolute atomic E-state index is 0.210. The number of pyridine rings is 1. The first kappa shape index (κ1) is 23.9. The van der Waals surface area contributed by atoms with Gasteiger partial charge in [0.2, 0.25) is 0 Å². The van der Waals surface area contributed by atoms with Gasteiger partial charge in [-0.05, 0) is 49.1 Å². The number of rotatable bonds is 8. The Morgan fingerprint density at radius 3 is 2.71 bits per heavy atom. The number of ether oxygens (including phenoxy) is 2. The van der Waals surface area contributed by atoms with Crippen LogP contribution < -0.4 is 9.64 Å². The van der Waals surface area contributed by atoms with Crippen LogP contribution in [0, 0.1) is 5.92 Å². The third-order valence-electron chi connectivity index (χ3n) is 5.58. The fourth-order valence-corrected chi connectivity index (χ4v) is 4.64. The van der Waals surface area contributed by atoms with Crippen molar-refractivity contribution in [2.24, 2.45) is 5.92 Å². The predicted octanol–water partition coefficient (Wildman–Crippen LogP) is 5.35. The van der Waals surface area contributed by atoms with Gasteiger partial charge < -0.3 is 9.47 Å². The summed E-state index contributed by atoms with van der Waals surface area (Å²) >= 11 is 1.51. The van der Waals surface area contributed by atoms with Gasteiger partial charge in [0.25, 0.3) is 5.91 Å². The molecule has 0 N–H and O–H groups in total. The highest BCUT2D eigenvalue weighted by Gasteiger charge is 2.40. The molecule has 4 rings (SSSR count). The summed E-state index contributed by atoms with van der Waals surface area (Å²) in [7, 11) is 0. The Morgan fingerprint density at radius 1 is 1.21 bits per heavy atom. The van der Waals surface area contributed by atoms with Gasteiger partial charge in [0, 0.05) is 17.1 Å². The number of aromatic nitrogens is 2. The number of amides is 1. The number of thiazole rings is 1. The van der Waals surface area contributed by atoms with Crippen molar-refractivity contribution in [3.63, 3.8) is 0 Å². The van der Waals surface area contributed by atoms with Crippen LogP contribution in [0.5, 0.6) is 5.75 Å². The van der Waals surface area contributed by atoms with E-state index in [1.165, 1.54) is 11.3 Å². The van der Waals surface area contributed by atoms with Gasteiger partial charge in [-0.25, -0.2) is 9.78 Å². The molecule has 1 aliphatic heterocycles. The minimum atomic E-state index is -0.724. The molecule has 0 bridgehead atoms. The Morgan fingerprint density at radius 2 is 2.03 bits per heavy atom. The number of hydrogen-bond donors (Lipinski definition) is 0. The van der Waals surface area contributed by atoms with Gasteiger partial charge >= 0.3 is 5.97 Å². The quantitative estimate of drug-likeness (QED) is 0.405. The van der Waals surface area contributed by atoms with Crippen molar-refractivity contribution in [3.8, 4) is 27.7 Å². The molecule has 2 aromatic heterocycles. The van der Waals surface area contributed by atoms with Crippen LogP contribution in [0.15, 0.2) is 48.0 Å². The summed E-state index contributed by atoms with van der Waals surface area (Å²) in [6.45, 7) is 8.06. The molecule has 0 fully saturated rings. The fraction of sp³-hybridized carbons (Fsp3) is 0.385. The van der Waals surface area contributed by atoms with Gasteiger partial charge in [0.1, 0.15) is 16.8 Å². The maximum Gasteiger partial charge on any atom is 0.329 e. The van der Waals surface area contributed by atoms with E-state index in [2.05, 4.69) is 4.98 Å². The molecule has 1 aliphatic rings. The smallest absolute Gasteiger partial charge is 0.329 e. The van der Waals surface area contributed by atoms with E-state index >= 15 is 0 Å². The SMILES string of the molecule is CCC1Oc2ccc(-c3csc(-c4ccccn4)n3)cc2N(C(CC)C(=O)OCC(C)C)C1=O. The second kappa shape index (κ2) is 10.3. The highest BCUT2D eigenvalue weighted by Crippen LogP contribution is 2.40. The molecule has 34 heavy (non-hydrogen) atoms. The lowest BCUT2D eigenvalue weighted by atomic mass is 10.0. The monoisotopic (exact) mass is 479 g/mol. The normalized spacial score (nSPS) is 16.2. The number of nitrogens with zero attached hydrogens (tertiary/aromatic N) is 3. The standard InChI is InChI=1S/C26H29N3O4S/c1-5-20(26(31)32-14-16(3)4)29-21-13-17(10-11-23(21)33-22(6-2)25(29)30)19-15-34-24(28-19)18-9-7-8-12-27-18/h7-13,15-16,20,22H,5-6,14H2,1-4H3. The number of esters is 1. The second-order valence-corrected chi connectivity index (χ2v) is 9.46. The molecule has 2 atom stereocenters. The van der Waals surface area contributed by atoms with Crippen LogP contribution in [0.1, 0.15) is 40.5 Å². The van der Waals surface area contributed by atoms with Gasteiger partial charge in [-0.2, -0.15) is 0 Å².